The summed E-state index contributed by atoms with van der Waals surface area (Å²) in [7, 11) is -0.863. The Morgan fingerprint density at radius 1 is 1.45 bits per heavy atom. The van der Waals surface area contributed by atoms with E-state index in [2.05, 4.69) is 5.32 Å². The van der Waals surface area contributed by atoms with Crippen LogP contribution >= 0.6 is 0 Å². The fourth-order valence-electron chi connectivity index (χ4n) is 2.40. The SMILES string of the molecule is CC1NC(c2cccc(F)c2)N(CCCS(C)=O)C1=O. The monoisotopic (exact) mass is 298 g/mol. The van der Waals surface area contributed by atoms with Crippen molar-refractivity contribution in [1.82, 2.24) is 10.2 Å². The summed E-state index contributed by atoms with van der Waals surface area (Å²) >= 11 is 0. The number of hydrogen-bond acceptors (Lipinski definition) is 3. The van der Waals surface area contributed by atoms with Crippen molar-refractivity contribution in [3.8, 4) is 0 Å². The number of nitrogens with zero attached hydrogens (tertiary/aromatic N) is 1. The molecule has 0 aliphatic carbocycles. The highest BCUT2D eigenvalue weighted by molar-refractivity contribution is 7.84. The van der Waals surface area contributed by atoms with Gasteiger partial charge in [-0.25, -0.2) is 4.39 Å². The van der Waals surface area contributed by atoms with Crippen molar-refractivity contribution in [2.24, 2.45) is 0 Å². The highest BCUT2D eigenvalue weighted by Crippen LogP contribution is 2.25. The summed E-state index contributed by atoms with van der Waals surface area (Å²) in [5, 5.41) is 3.17. The first-order chi connectivity index (χ1) is 9.49. The zero-order valence-corrected chi connectivity index (χ0v) is 12.5. The first-order valence-corrected chi connectivity index (χ1v) is 8.34. The van der Waals surface area contributed by atoms with Gasteiger partial charge in [-0.2, -0.15) is 0 Å². The van der Waals surface area contributed by atoms with Crippen LogP contribution in [0.15, 0.2) is 24.3 Å². The maximum atomic E-state index is 13.3. The molecule has 1 amide bonds. The van der Waals surface area contributed by atoms with E-state index in [1.165, 1.54) is 12.1 Å². The average Bonchev–Trinajstić information content (AvgIpc) is 2.66. The standard InChI is InChI=1S/C14H19FN2O2S/c1-10-14(18)17(7-4-8-20(2)19)13(16-10)11-5-3-6-12(15)9-11/h3,5-6,9-10,13,16H,4,7-8H2,1-2H3. The summed E-state index contributed by atoms with van der Waals surface area (Å²) < 4.78 is 24.4. The maximum Gasteiger partial charge on any atom is 0.241 e. The average molecular weight is 298 g/mol. The van der Waals surface area contributed by atoms with Gasteiger partial charge in [0.2, 0.25) is 5.91 Å². The van der Waals surface area contributed by atoms with Crippen LogP contribution in [-0.2, 0) is 15.6 Å². The lowest BCUT2D eigenvalue weighted by atomic mass is 10.1. The van der Waals surface area contributed by atoms with Gasteiger partial charge in [-0.15, -0.1) is 0 Å². The van der Waals surface area contributed by atoms with E-state index < -0.39 is 10.8 Å². The smallest absolute Gasteiger partial charge is 0.241 e. The van der Waals surface area contributed by atoms with Gasteiger partial charge in [-0.1, -0.05) is 12.1 Å². The van der Waals surface area contributed by atoms with Crippen molar-refractivity contribution >= 4 is 16.7 Å². The van der Waals surface area contributed by atoms with Crippen molar-refractivity contribution < 1.29 is 13.4 Å². The van der Waals surface area contributed by atoms with Gasteiger partial charge in [0.05, 0.1) is 6.04 Å². The van der Waals surface area contributed by atoms with E-state index in [1.807, 2.05) is 0 Å². The Hall–Kier alpha value is -1.27. The maximum absolute atomic E-state index is 13.3. The molecular weight excluding hydrogens is 279 g/mol. The predicted octanol–water partition coefficient (Wildman–Crippen LogP) is 1.41. The molecule has 1 fully saturated rings. The van der Waals surface area contributed by atoms with Gasteiger partial charge in [0.25, 0.3) is 0 Å². The predicted molar refractivity (Wildman–Crippen MR) is 77.0 cm³/mol. The molecule has 0 radical (unpaired) electrons. The first kappa shape index (κ1) is 15.1. The molecule has 1 heterocycles. The third-order valence-corrected chi connectivity index (χ3v) is 4.23. The van der Waals surface area contributed by atoms with E-state index in [9.17, 15) is 13.4 Å². The highest BCUT2D eigenvalue weighted by Gasteiger charge is 2.36. The Kier molecular flexibility index (Phi) is 4.88. The normalized spacial score (nSPS) is 24.1. The van der Waals surface area contributed by atoms with Gasteiger partial charge >= 0.3 is 0 Å². The van der Waals surface area contributed by atoms with Crippen LogP contribution < -0.4 is 5.32 Å². The van der Waals surface area contributed by atoms with Crippen molar-refractivity contribution in [1.29, 1.82) is 0 Å². The highest BCUT2D eigenvalue weighted by atomic mass is 32.2. The second-order valence-corrected chi connectivity index (χ2v) is 6.56. The Bertz CT molecular complexity index is 524. The van der Waals surface area contributed by atoms with Crippen molar-refractivity contribution in [3.63, 3.8) is 0 Å². The van der Waals surface area contributed by atoms with E-state index in [0.717, 1.165) is 5.56 Å². The molecule has 3 unspecified atom stereocenters. The minimum Gasteiger partial charge on any atom is -0.322 e. The van der Waals surface area contributed by atoms with Crippen LogP contribution in [0.25, 0.3) is 0 Å². The Morgan fingerprint density at radius 2 is 2.20 bits per heavy atom. The second-order valence-electron chi connectivity index (χ2n) is 5.01. The zero-order valence-electron chi connectivity index (χ0n) is 11.6. The Morgan fingerprint density at radius 3 is 2.85 bits per heavy atom. The number of amides is 1. The first-order valence-electron chi connectivity index (χ1n) is 6.61. The van der Waals surface area contributed by atoms with Gasteiger partial charge in [0.15, 0.2) is 0 Å². The fraction of sp³-hybridized carbons (Fsp3) is 0.500. The molecule has 1 saturated heterocycles. The van der Waals surface area contributed by atoms with Crippen molar-refractivity contribution in [2.45, 2.75) is 25.6 Å². The number of halogens is 1. The molecule has 20 heavy (non-hydrogen) atoms. The molecule has 0 saturated carbocycles. The topological polar surface area (TPSA) is 49.4 Å². The minimum atomic E-state index is -0.863. The molecule has 0 spiro atoms. The zero-order chi connectivity index (χ0) is 14.7. The van der Waals surface area contributed by atoms with E-state index >= 15 is 0 Å². The quantitative estimate of drug-likeness (QED) is 0.894. The third-order valence-electron chi connectivity index (χ3n) is 3.37. The number of hydrogen-bond donors (Lipinski definition) is 1. The lowest BCUT2D eigenvalue weighted by Crippen LogP contribution is -2.32. The van der Waals surface area contributed by atoms with E-state index in [-0.39, 0.29) is 23.9 Å². The van der Waals surface area contributed by atoms with Gasteiger partial charge in [0.1, 0.15) is 12.0 Å². The number of benzene rings is 1. The molecule has 1 aliphatic rings. The lowest BCUT2D eigenvalue weighted by Gasteiger charge is -2.24. The molecule has 6 heteroatoms. The molecule has 1 N–H and O–H groups in total. The fourth-order valence-corrected chi connectivity index (χ4v) is 2.94. The minimum absolute atomic E-state index is 0.00106. The van der Waals surface area contributed by atoms with Gasteiger partial charge in [-0.3, -0.25) is 14.3 Å². The van der Waals surface area contributed by atoms with Crippen molar-refractivity contribution in [3.05, 3.63) is 35.6 Å². The number of carbonyl (C=O) groups excluding carboxylic acids is 1. The van der Waals surface area contributed by atoms with Gasteiger partial charge < -0.3 is 4.90 Å². The Balaban J connectivity index is 2.13. The number of nitrogens with one attached hydrogen (secondary N) is 1. The molecular formula is C14H19FN2O2S. The van der Waals surface area contributed by atoms with Gasteiger partial charge in [-0.05, 0) is 31.0 Å². The van der Waals surface area contributed by atoms with Crippen molar-refractivity contribution in [2.75, 3.05) is 18.6 Å². The summed E-state index contributed by atoms with van der Waals surface area (Å²) in [6, 6.07) is 5.98. The molecule has 3 atom stereocenters. The van der Waals surface area contributed by atoms with E-state index in [4.69, 9.17) is 0 Å². The number of rotatable bonds is 5. The second kappa shape index (κ2) is 6.45. The van der Waals surface area contributed by atoms with Crippen LogP contribution in [0.3, 0.4) is 0 Å². The molecule has 110 valence electrons. The van der Waals surface area contributed by atoms with Crippen LogP contribution in [0.2, 0.25) is 0 Å². The molecule has 4 nitrogen and oxygen atoms in total. The largest absolute Gasteiger partial charge is 0.322 e. The summed E-state index contributed by atoms with van der Waals surface area (Å²) in [5.41, 5.74) is 0.736. The number of carbonyl (C=O) groups is 1. The molecule has 1 aromatic carbocycles. The molecule has 1 aliphatic heterocycles. The van der Waals surface area contributed by atoms with Crippen LogP contribution in [0.1, 0.15) is 25.1 Å². The molecule has 0 bridgehead atoms. The lowest BCUT2D eigenvalue weighted by molar-refractivity contribution is -0.129. The van der Waals surface area contributed by atoms with Gasteiger partial charge in [0, 0.05) is 29.4 Å². The molecule has 2 rings (SSSR count). The Labute approximate surface area is 120 Å². The van der Waals surface area contributed by atoms with Crippen LogP contribution in [0, 0.1) is 5.82 Å². The summed E-state index contributed by atoms with van der Waals surface area (Å²) in [6.07, 6.45) is 2.02. The van der Waals surface area contributed by atoms with Crippen LogP contribution in [0.4, 0.5) is 4.39 Å². The summed E-state index contributed by atoms with van der Waals surface area (Å²) in [4.78, 5) is 13.8. The summed E-state index contributed by atoms with van der Waals surface area (Å²) in [5.74, 6) is 0.251. The third kappa shape index (κ3) is 3.43. The van der Waals surface area contributed by atoms with E-state index in [1.54, 1.807) is 30.2 Å². The van der Waals surface area contributed by atoms with E-state index in [0.29, 0.717) is 18.7 Å². The van der Waals surface area contributed by atoms with Crippen LogP contribution in [-0.4, -0.2) is 39.6 Å². The summed E-state index contributed by atoms with van der Waals surface area (Å²) in [6.45, 7) is 2.32. The van der Waals surface area contributed by atoms with Crippen LogP contribution in [0.5, 0.6) is 0 Å². The molecule has 1 aromatic rings. The molecule has 0 aromatic heterocycles.